The minimum Gasteiger partial charge on any atom is -0.385 e. The van der Waals surface area contributed by atoms with Crippen molar-refractivity contribution in [2.24, 2.45) is 7.05 Å². The fourth-order valence-corrected chi connectivity index (χ4v) is 2.09. The summed E-state index contributed by atoms with van der Waals surface area (Å²) in [5, 5.41) is 15.0. The smallest absolute Gasteiger partial charge is 0.313 e. The number of amides is 2. The summed E-state index contributed by atoms with van der Waals surface area (Å²) in [6, 6.07) is 10.7. The summed E-state index contributed by atoms with van der Waals surface area (Å²) in [7, 11) is 1.80. The van der Waals surface area contributed by atoms with Crippen LogP contribution >= 0.6 is 0 Å². The van der Waals surface area contributed by atoms with E-state index >= 15 is 0 Å². The van der Waals surface area contributed by atoms with Crippen LogP contribution in [0.5, 0.6) is 0 Å². The molecule has 2 rings (SSSR count). The number of nitrogens with one attached hydrogen (secondary N) is 2. The van der Waals surface area contributed by atoms with Gasteiger partial charge in [-0.15, -0.1) is 0 Å². The molecule has 0 bridgehead atoms. The van der Waals surface area contributed by atoms with Crippen molar-refractivity contribution in [1.82, 2.24) is 9.88 Å². The van der Waals surface area contributed by atoms with Crippen LogP contribution in [0.1, 0.15) is 17.4 Å². The van der Waals surface area contributed by atoms with Gasteiger partial charge in [-0.1, -0.05) is 18.2 Å². The van der Waals surface area contributed by atoms with E-state index in [0.717, 1.165) is 5.56 Å². The van der Waals surface area contributed by atoms with Gasteiger partial charge in [-0.3, -0.25) is 9.59 Å². The number of aromatic nitrogens is 1. The topological polar surface area (TPSA) is 83.4 Å². The van der Waals surface area contributed by atoms with Gasteiger partial charge in [0, 0.05) is 31.2 Å². The fourth-order valence-electron chi connectivity index (χ4n) is 2.09. The van der Waals surface area contributed by atoms with E-state index in [4.69, 9.17) is 0 Å². The summed E-state index contributed by atoms with van der Waals surface area (Å²) < 4.78 is 1.75. The summed E-state index contributed by atoms with van der Waals surface area (Å²) >= 11 is 0. The third-order valence-corrected chi connectivity index (χ3v) is 3.38. The molecule has 0 saturated heterocycles. The molecule has 2 amide bonds. The van der Waals surface area contributed by atoms with E-state index in [2.05, 4.69) is 10.6 Å². The van der Waals surface area contributed by atoms with Crippen LogP contribution < -0.4 is 10.6 Å². The Morgan fingerprint density at radius 1 is 1.18 bits per heavy atom. The first-order valence-electron chi connectivity index (χ1n) is 6.93. The lowest BCUT2D eigenvalue weighted by molar-refractivity contribution is -0.136. The highest BCUT2D eigenvalue weighted by atomic mass is 16.3. The van der Waals surface area contributed by atoms with Crippen molar-refractivity contribution in [1.29, 1.82) is 0 Å². The summed E-state index contributed by atoms with van der Waals surface area (Å²) in [6.45, 7) is 1.81. The largest absolute Gasteiger partial charge is 0.385 e. The molecule has 0 fully saturated rings. The Hall–Kier alpha value is -2.60. The number of benzene rings is 1. The summed E-state index contributed by atoms with van der Waals surface area (Å²) in [6.07, 6.45) is 0.931. The zero-order valence-electron chi connectivity index (χ0n) is 12.5. The monoisotopic (exact) mass is 301 g/mol. The summed E-state index contributed by atoms with van der Waals surface area (Å²) in [5.74, 6) is -1.54. The molecule has 3 N–H and O–H groups in total. The van der Waals surface area contributed by atoms with Crippen LogP contribution in [0, 0.1) is 6.92 Å². The van der Waals surface area contributed by atoms with Crippen LogP contribution in [0.4, 0.5) is 5.69 Å². The number of carbonyl (C=O) groups is 2. The molecule has 0 aliphatic heterocycles. The molecule has 0 spiro atoms. The van der Waals surface area contributed by atoms with Crippen LogP contribution in [-0.4, -0.2) is 28.0 Å². The molecular formula is C16H19N3O3. The molecule has 0 aliphatic carbocycles. The lowest BCUT2D eigenvalue weighted by atomic mass is 10.2. The first-order chi connectivity index (χ1) is 10.5. The number of para-hydroxylation sites is 1. The Morgan fingerprint density at radius 2 is 1.91 bits per heavy atom. The maximum atomic E-state index is 11.8. The Bertz CT molecular complexity index is 679. The van der Waals surface area contributed by atoms with Crippen molar-refractivity contribution in [3.8, 4) is 0 Å². The minimum absolute atomic E-state index is 0.0299. The van der Waals surface area contributed by atoms with E-state index in [1.807, 2.05) is 19.1 Å². The van der Waals surface area contributed by atoms with Gasteiger partial charge in [0.2, 0.25) is 0 Å². The van der Waals surface area contributed by atoms with Crippen LogP contribution in [0.2, 0.25) is 0 Å². The lowest BCUT2D eigenvalue weighted by Crippen LogP contribution is -2.38. The number of hydrogen-bond donors (Lipinski definition) is 3. The molecular weight excluding hydrogens is 282 g/mol. The second-order valence-corrected chi connectivity index (χ2v) is 5.04. The molecule has 2 aromatic rings. The van der Waals surface area contributed by atoms with E-state index in [9.17, 15) is 14.7 Å². The zero-order valence-corrected chi connectivity index (χ0v) is 12.5. The molecule has 0 saturated carbocycles. The average molecular weight is 301 g/mol. The lowest BCUT2D eigenvalue weighted by Gasteiger charge is -2.13. The van der Waals surface area contributed by atoms with Gasteiger partial charge in [0.25, 0.3) is 0 Å². The quantitative estimate of drug-likeness (QED) is 0.740. The number of aliphatic hydroxyl groups is 1. The molecule has 116 valence electrons. The van der Waals surface area contributed by atoms with Crippen LogP contribution in [0.25, 0.3) is 0 Å². The molecule has 22 heavy (non-hydrogen) atoms. The van der Waals surface area contributed by atoms with Gasteiger partial charge in [0.05, 0.1) is 0 Å². The highest BCUT2D eigenvalue weighted by molar-refractivity contribution is 6.39. The van der Waals surface area contributed by atoms with E-state index in [0.29, 0.717) is 11.4 Å². The number of nitrogens with zero attached hydrogens (tertiary/aromatic N) is 1. The number of aryl methyl sites for hydroxylation is 2. The third-order valence-electron chi connectivity index (χ3n) is 3.38. The molecule has 6 nitrogen and oxygen atoms in total. The predicted octanol–water partition coefficient (Wildman–Crippen LogP) is 1.12. The highest BCUT2D eigenvalue weighted by Gasteiger charge is 2.17. The minimum atomic E-state index is -0.866. The number of carbonyl (C=O) groups excluding carboxylic acids is 2. The third kappa shape index (κ3) is 3.73. The van der Waals surface area contributed by atoms with Crippen LogP contribution in [-0.2, 0) is 16.6 Å². The standard InChI is InChI=1S/C16H19N3O3/c1-11-6-3-4-7-12(11)18-16(22)15(21)17-10-14(20)13-8-5-9-19(13)2/h3-9,14,20H,10H2,1-2H3,(H,17,21)(H,18,22). The number of anilines is 1. The van der Waals surface area contributed by atoms with Crippen LogP contribution in [0.15, 0.2) is 42.6 Å². The SMILES string of the molecule is Cc1ccccc1NC(=O)C(=O)NCC(O)c1cccn1C. The fraction of sp³-hybridized carbons (Fsp3) is 0.250. The van der Waals surface area contributed by atoms with Gasteiger partial charge in [0.15, 0.2) is 0 Å². The van der Waals surface area contributed by atoms with Crippen molar-refractivity contribution >= 4 is 17.5 Å². The molecule has 0 radical (unpaired) electrons. The van der Waals surface area contributed by atoms with Gasteiger partial charge >= 0.3 is 11.8 Å². The van der Waals surface area contributed by atoms with E-state index in [1.165, 1.54) is 0 Å². The molecule has 1 aromatic heterocycles. The maximum Gasteiger partial charge on any atom is 0.313 e. The van der Waals surface area contributed by atoms with E-state index in [-0.39, 0.29) is 6.54 Å². The van der Waals surface area contributed by atoms with Gasteiger partial charge in [-0.25, -0.2) is 0 Å². The molecule has 6 heteroatoms. The highest BCUT2D eigenvalue weighted by Crippen LogP contribution is 2.13. The Labute approximate surface area is 128 Å². The summed E-state index contributed by atoms with van der Waals surface area (Å²) in [5.41, 5.74) is 2.12. The van der Waals surface area contributed by atoms with E-state index in [1.54, 1.807) is 42.1 Å². The summed E-state index contributed by atoms with van der Waals surface area (Å²) in [4.78, 5) is 23.6. The van der Waals surface area contributed by atoms with E-state index < -0.39 is 17.9 Å². The second-order valence-electron chi connectivity index (χ2n) is 5.04. The molecule has 1 unspecified atom stereocenters. The van der Waals surface area contributed by atoms with Gasteiger partial charge in [0.1, 0.15) is 6.10 Å². The number of aliphatic hydroxyl groups excluding tert-OH is 1. The van der Waals surface area contributed by atoms with Crippen LogP contribution in [0.3, 0.4) is 0 Å². The van der Waals surface area contributed by atoms with Crippen molar-refractivity contribution < 1.29 is 14.7 Å². The number of hydrogen-bond acceptors (Lipinski definition) is 3. The van der Waals surface area contributed by atoms with Crippen molar-refractivity contribution in [2.75, 3.05) is 11.9 Å². The second kappa shape index (κ2) is 6.91. The van der Waals surface area contributed by atoms with Crippen molar-refractivity contribution in [2.45, 2.75) is 13.0 Å². The van der Waals surface area contributed by atoms with Gasteiger partial charge in [-0.05, 0) is 30.7 Å². The van der Waals surface area contributed by atoms with Gasteiger partial charge < -0.3 is 20.3 Å². The Morgan fingerprint density at radius 3 is 2.55 bits per heavy atom. The molecule has 0 aliphatic rings. The normalized spacial score (nSPS) is 11.8. The maximum absolute atomic E-state index is 11.8. The first-order valence-corrected chi connectivity index (χ1v) is 6.93. The molecule has 1 aromatic carbocycles. The first kappa shape index (κ1) is 15.8. The molecule has 1 atom stereocenters. The zero-order chi connectivity index (χ0) is 16.1. The average Bonchev–Trinajstić information content (AvgIpc) is 2.93. The Balaban J connectivity index is 1.88. The van der Waals surface area contributed by atoms with Crippen molar-refractivity contribution in [3.63, 3.8) is 0 Å². The molecule has 1 heterocycles. The Kier molecular flexibility index (Phi) is 4.95. The van der Waals surface area contributed by atoms with Crippen molar-refractivity contribution in [3.05, 3.63) is 53.9 Å². The predicted molar refractivity (Wildman–Crippen MR) is 83.2 cm³/mol. The van der Waals surface area contributed by atoms with Gasteiger partial charge in [-0.2, -0.15) is 0 Å². The number of rotatable bonds is 4.